The van der Waals surface area contributed by atoms with Crippen molar-refractivity contribution in [2.45, 2.75) is 6.10 Å². The second-order valence-electron chi connectivity index (χ2n) is 6.57. The molecule has 0 spiro atoms. The van der Waals surface area contributed by atoms with Crippen LogP contribution in [0.2, 0.25) is 0 Å². The zero-order chi connectivity index (χ0) is 19.1. The molecule has 4 aromatic rings. The normalized spacial score (nSPS) is 14.2. The predicted molar refractivity (Wildman–Crippen MR) is 104 cm³/mol. The summed E-state index contributed by atoms with van der Waals surface area (Å²) in [4.78, 5) is 18.7. The van der Waals surface area contributed by atoms with E-state index >= 15 is 0 Å². The van der Waals surface area contributed by atoms with Crippen molar-refractivity contribution in [3.05, 3.63) is 66.1 Å². The molecule has 0 atom stereocenters. The molecule has 1 N–H and O–H groups in total. The zero-order valence-corrected chi connectivity index (χ0v) is 15.4. The van der Waals surface area contributed by atoms with Gasteiger partial charge in [-0.1, -0.05) is 23.5 Å². The van der Waals surface area contributed by atoms with Gasteiger partial charge < -0.3 is 9.64 Å². The first-order valence-corrected chi connectivity index (χ1v) is 9.60. The van der Waals surface area contributed by atoms with E-state index in [2.05, 4.69) is 15.2 Å². The number of carbonyl (C=O) groups is 1. The van der Waals surface area contributed by atoms with Crippen LogP contribution in [-0.2, 0) is 0 Å². The van der Waals surface area contributed by atoms with Crippen LogP contribution in [0.4, 0.5) is 4.39 Å². The summed E-state index contributed by atoms with van der Waals surface area (Å²) >= 11 is 1.50. The average Bonchev–Trinajstić information content (AvgIpc) is 3.31. The van der Waals surface area contributed by atoms with Crippen LogP contribution in [-0.4, -0.2) is 45.2 Å². The Morgan fingerprint density at radius 1 is 1.18 bits per heavy atom. The molecule has 0 aliphatic carbocycles. The number of nitrogens with zero attached hydrogens (tertiary/aromatic N) is 3. The summed E-state index contributed by atoms with van der Waals surface area (Å²) in [5.41, 5.74) is 2.67. The Hall–Kier alpha value is -3.26. The molecule has 1 fully saturated rings. The quantitative estimate of drug-likeness (QED) is 0.573. The fourth-order valence-corrected chi connectivity index (χ4v) is 3.97. The second kappa shape index (κ2) is 6.72. The highest BCUT2D eigenvalue weighted by atomic mass is 32.1. The monoisotopic (exact) mass is 394 g/mol. The number of thiazole rings is 1. The molecule has 28 heavy (non-hydrogen) atoms. The number of likely N-dealkylation sites (tertiary alicyclic amines) is 1. The minimum atomic E-state index is -0.310. The highest BCUT2D eigenvalue weighted by molar-refractivity contribution is 7.20. The largest absolute Gasteiger partial charge is 0.463 e. The molecule has 8 heteroatoms. The van der Waals surface area contributed by atoms with Gasteiger partial charge in [0.2, 0.25) is 0 Å². The van der Waals surface area contributed by atoms with E-state index in [0.717, 1.165) is 15.8 Å². The van der Waals surface area contributed by atoms with Crippen molar-refractivity contribution in [2.24, 2.45) is 0 Å². The summed E-state index contributed by atoms with van der Waals surface area (Å²) in [6.07, 6.45) is -0.0657. The van der Waals surface area contributed by atoms with Gasteiger partial charge in [0.05, 0.1) is 29.0 Å². The number of amides is 1. The van der Waals surface area contributed by atoms with Gasteiger partial charge in [0.15, 0.2) is 0 Å². The van der Waals surface area contributed by atoms with Crippen molar-refractivity contribution < 1.29 is 13.9 Å². The van der Waals surface area contributed by atoms with Crippen LogP contribution in [0, 0.1) is 5.82 Å². The lowest BCUT2D eigenvalue weighted by Crippen LogP contribution is -2.56. The van der Waals surface area contributed by atoms with Crippen LogP contribution in [0.15, 0.2) is 54.6 Å². The maximum Gasteiger partial charge on any atom is 0.274 e. The molecule has 3 heterocycles. The lowest BCUT2D eigenvalue weighted by atomic mass is 10.1. The number of nitrogens with one attached hydrogen (secondary N) is 1. The van der Waals surface area contributed by atoms with Crippen LogP contribution in [0.3, 0.4) is 0 Å². The third kappa shape index (κ3) is 3.11. The molecule has 2 aromatic carbocycles. The van der Waals surface area contributed by atoms with Crippen molar-refractivity contribution in [1.82, 2.24) is 20.1 Å². The molecule has 0 unspecified atom stereocenters. The van der Waals surface area contributed by atoms with Crippen molar-refractivity contribution in [2.75, 3.05) is 13.1 Å². The number of para-hydroxylation sites is 1. The number of benzene rings is 2. The molecule has 1 saturated heterocycles. The minimum Gasteiger partial charge on any atom is -0.463 e. The number of halogens is 1. The molecular formula is C20H15FN4O2S. The Balaban J connectivity index is 1.21. The molecule has 0 saturated carbocycles. The van der Waals surface area contributed by atoms with Gasteiger partial charge >= 0.3 is 0 Å². The molecule has 1 amide bonds. The molecule has 0 radical (unpaired) electrons. The average molecular weight is 394 g/mol. The van der Waals surface area contributed by atoms with Gasteiger partial charge in [0, 0.05) is 5.56 Å². The number of fused-ring (bicyclic) bond motifs is 1. The first-order chi connectivity index (χ1) is 13.7. The Morgan fingerprint density at radius 3 is 2.75 bits per heavy atom. The molecule has 6 nitrogen and oxygen atoms in total. The number of aromatic nitrogens is 3. The van der Waals surface area contributed by atoms with Gasteiger partial charge in [-0.15, -0.1) is 0 Å². The van der Waals surface area contributed by atoms with Gasteiger partial charge in [-0.2, -0.15) is 5.10 Å². The number of carbonyl (C=O) groups excluding carboxylic acids is 1. The lowest BCUT2D eigenvalue weighted by Gasteiger charge is -2.37. The SMILES string of the molecule is O=C(c1cc(-c2ccc(F)cc2)n[nH]1)N1CC(Oc2nc3ccccc3s2)C1. The van der Waals surface area contributed by atoms with Gasteiger partial charge in [0.25, 0.3) is 11.1 Å². The minimum absolute atomic E-state index is 0.0657. The number of hydrogen-bond donors (Lipinski definition) is 1. The van der Waals surface area contributed by atoms with E-state index in [1.54, 1.807) is 23.1 Å². The molecule has 1 aliphatic rings. The highest BCUT2D eigenvalue weighted by Crippen LogP contribution is 2.29. The Labute approximate surface area is 163 Å². The third-order valence-corrected chi connectivity index (χ3v) is 5.55. The van der Waals surface area contributed by atoms with Crippen LogP contribution in [0.1, 0.15) is 10.5 Å². The Bertz CT molecular complexity index is 1120. The number of aromatic amines is 1. The first-order valence-electron chi connectivity index (χ1n) is 8.78. The van der Waals surface area contributed by atoms with E-state index in [-0.39, 0.29) is 17.8 Å². The van der Waals surface area contributed by atoms with Gasteiger partial charge in [0.1, 0.15) is 17.6 Å². The van der Waals surface area contributed by atoms with Crippen molar-refractivity contribution >= 4 is 27.5 Å². The number of ether oxygens (including phenoxy) is 1. The third-order valence-electron chi connectivity index (χ3n) is 4.63. The number of H-pyrrole nitrogens is 1. The zero-order valence-electron chi connectivity index (χ0n) is 14.6. The summed E-state index contributed by atoms with van der Waals surface area (Å²) in [6, 6.07) is 15.5. The first kappa shape index (κ1) is 16.9. The maximum absolute atomic E-state index is 13.0. The molecule has 1 aliphatic heterocycles. The summed E-state index contributed by atoms with van der Waals surface area (Å²) in [7, 11) is 0. The fraction of sp³-hybridized carbons (Fsp3) is 0.150. The summed E-state index contributed by atoms with van der Waals surface area (Å²) in [5, 5.41) is 7.54. The molecule has 140 valence electrons. The van der Waals surface area contributed by atoms with Gasteiger partial charge in [-0.3, -0.25) is 9.89 Å². The number of hydrogen-bond acceptors (Lipinski definition) is 5. The van der Waals surface area contributed by atoms with Crippen LogP contribution < -0.4 is 4.74 Å². The molecule has 0 bridgehead atoms. The topological polar surface area (TPSA) is 71.1 Å². The highest BCUT2D eigenvalue weighted by Gasteiger charge is 2.34. The summed E-state index contributed by atoms with van der Waals surface area (Å²) in [5.74, 6) is -0.444. The maximum atomic E-state index is 13.0. The van der Waals surface area contributed by atoms with Crippen LogP contribution >= 0.6 is 11.3 Å². The Morgan fingerprint density at radius 2 is 1.96 bits per heavy atom. The second-order valence-corrected chi connectivity index (χ2v) is 7.56. The van der Waals surface area contributed by atoms with E-state index in [0.29, 0.717) is 29.7 Å². The smallest absolute Gasteiger partial charge is 0.274 e. The van der Waals surface area contributed by atoms with E-state index < -0.39 is 0 Å². The molecular weight excluding hydrogens is 379 g/mol. The van der Waals surface area contributed by atoms with Crippen LogP contribution in [0.25, 0.3) is 21.5 Å². The van der Waals surface area contributed by atoms with E-state index in [1.165, 1.54) is 23.5 Å². The van der Waals surface area contributed by atoms with Gasteiger partial charge in [-0.05, 0) is 42.5 Å². The van der Waals surface area contributed by atoms with E-state index in [1.807, 2.05) is 24.3 Å². The summed E-state index contributed by atoms with van der Waals surface area (Å²) < 4.78 is 20.0. The fourth-order valence-electron chi connectivity index (χ4n) is 3.09. The Kier molecular flexibility index (Phi) is 4.05. The van der Waals surface area contributed by atoms with Crippen molar-refractivity contribution in [3.8, 4) is 16.5 Å². The van der Waals surface area contributed by atoms with E-state index in [4.69, 9.17) is 4.74 Å². The van der Waals surface area contributed by atoms with E-state index in [9.17, 15) is 9.18 Å². The van der Waals surface area contributed by atoms with Crippen molar-refractivity contribution in [1.29, 1.82) is 0 Å². The molecule has 5 rings (SSSR count). The number of rotatable bonds is 4. The lowest BCUT2D eigenvalue weighted by molar-refractivity contribution is 0.0173. The summed E-state index contributed by atoms with van der Waals surface area (Å²) in [6.45, 7) is 0.999. The predicted octanol–water partition coefficient (Wildman–Crippen LogP) is 3.73. The molecule has 2 aromatic heterocycles. The standard InChI is InChI=1S/C20H15FN4O2S/c21-13-7-5-12(6-8-13)16-9-17(24-23-16)19(26)25-10-14(11-25)27-20-22-15-3-1-2-4-18(15)28-20/h1-9,14H,10-11H2,(H,23,24). The van der Waals surface area contributed by atoms with Crippen molar-refractivity contribution in [3.63, 3.8) is 0 Å². The van der Waals surface area contributed by atoms with Crippen LogP contribution in [0.5, 0.6) is 5.19 Å². The van der Waals surface area contributed by atoms with Gasteiger partial charge in [-0.25, -0.2) is 9.37 Å².